The van der Waals surface area contributed by atoms with E-state index in [1.54, 1.807) is 13.0 Å². The summed E-state index contributed by atoms with van der Waals surface area (Å²) in [5, 5.41) is 0. The molecule has 3 aliphatic rings. The van der Waals surface area contributed by atoms with Crippen LogP contribution in [0.15, 0.2) is 47.1 Å². The first-order valence-electron chi connectivity index (χ1n) is 6.91. The predicted octanol–water partition coefficient (Wildman–Crippen LogP) is 3.56. The van der Waals surface area contributed by atoms with Crippen LogP contribution < -0.4 is 0 Å². The van der Waals surface area contributed by atoms with Crippen molar-refractivity contribution in [2.45, 2.75) is 34.1 Å². The predicted molar refractivity (Wildman–Crippen MR) is 76.6 cm³/mol. The Morgan fingerprint density at radius 2 is 1.84 bits per heavy atom. The van der Waals surface area contributed by atoms with E-state index in [1.165, 1.54) is 12.5 Å². The van der Waals surface area contributed by atoms with Crippen molar-refractivity contribution in [3.63, 3.8) is 0 Å². The van der Waals surface area contributed by atoms with Crippen LogP contribution in [0.2, 0.25) is 0 Å². The van der Waals surface area contributed by atoms with E-state index < -0.39 is 0 Å². The first-order chi connectivity index (χ1) is 9.07. The Morgan fingerprint density at radius 1 is 1.16 bits per heavy atom. The van der Waals surface area contributed by atoms with Gasteiger partial charge in [0, 0.05) is 16.6 Å². The highest BCUT2D eigenvalue weighted by Crippen LogP contribution is 2.66. The van der Waals surface area contributed by atoms with Gasteiger partial charge in [-0.2, -0.15) is 0 Å². The molecule has 0 saturated heterocycles. The van der Waals surface area contributed by atoms with Gasteiger partial charge in [0.1, 0.15) is 0 Å². The van der Waals surface area contributed by atoms with E-state index in [1.807, 2.05) is 26.0 Å². The van der Waals surface area contributed by atoms with Gasteiger partial charge in [0.2, 0.25) is 0 Å². The number of hydrogen-bond donors (Lipinski definition) is 0. The molecule has 2 unspecified atom stereocenters. The average Bonchev–Trinajstić information content (AvgIpc) is 3.11. The second kappa shape index (κ2) is 4.76. The fourth-order valence-electron chi connectivity index (χ4n) is 3.22. The van der Waals surface area contributed by atoms with Crippen LogP contribution in [0.5, 0.6) is 0 Å². The standard InChI is InChI=1S/C15H14O2.C2H6/c1-9(16)13-7-6-11-4-3-5-12-8-15(11,12)14(13)10(2)17;1-2/h3-7,12H,8H2,1-2H3;1-2H3. The number of allylic oxidation sites excluding steroid dienone is 8. The molecule has 0 aromatic rings. The van der Waals surface area contributed by atoms with Crippen LogP contribution in [0.25, 0.3) is 0 Å². The third kappa shape index (κ3) is 1.86. The summed E-state index contributed by atoms with van der Waals surface area (Å²) < 4.78 is 0. The Labute approximate surface area is 114 Å². The Morgan fingerprint density at radius 3 is 2.42 bits per heavy atom. The molecule has 100 valence electrons. The van der Waals surface area contributed by atoms with Crippen molar-refractivity contribution in [1.29, 1.82) is 0 Å². The van der Waals surface area contributed by atoms with Crippen LogP contribution in [0, 0.1) is 11.3 Å². The molecule has 19 heavy (non-hydrogen) atoms. The fraction of sp³-hybridized carbons (Fsp3) is 0.412. The van der Waals surface area contributed by atoms with Gasteiger partial charge in [0.05, 0.1) is 0 Å². The lowest BCUT2D eigenvalue weighted by Gasteiger charge is -2.27. The molecule has 1 fully saturated rings. The maximum Gasteiger partial charge on any atom is 0.160 e. The molecule has 0 heterocycles. The number of Topliss-reactive ketones (excluding diaryl/α,β-unsaturated/α-hetero) is 2. The van der Waals surface area contributed by atoms with Crippen molar-refractivity contribution >= 4 is 11.6 Å². The SMILES string of the molecule is CC.CC(=O)C1=C(C(C)=O)C23CC2C=CC=C3C=C1. The van der Waals surface area contributed by atoms with Crippen molar-refractivity contribution in [1.82, 2.24) is 0 Å². The van der Waals surface area contributed by atoms with Crippen molar-refractivity contribution in [3.05, 3.63) is 47.1 Å². The Hall–Kier alpha value is -1.70. The third-order valence-electron chi connectivity index (χ3n) is 4.03. The number of rotatable bonds is 2. The minimum absolute atomic E-state index is 0.0138. The van der Waals surface area contributed by atoms with E-state index >= 15 is 0 Å². The zero-order chi connectivity index (χ0) is 14.2. The van der Waals surface area contributed by atoms with E-state index in [-0.39, 0.29) is 17.0 Å². The molecule has 0 amide bonds. The molecule has 1 saturated carbocycles. The molecule has 0 N–H and O–H groups in total. The molecule has 2 heteroatoms. The molecule has 0 aliphatic heterocycles. The largest absolute Gasteiger partial charge is 0.295 e. The highest BCUT2D eigenvalue weighted by Gasteiger charge is 2.60. The van der Waals surface area contributed by atoms with Crippen molar-refractivity contribution in [3.8, 4) is 0 Å². The van der Waals surface area contributed by atoms with Gasteiger partial charge in [-0.05, 0) is 31.8 Å². The molecule has 0 radical (unpaired) electrons. The summed E-state index contributed by atoms with van der Waals surface area (Å²) in [5.74, 6) is 0.420. The molecule has 1 spiro atoms. The molecule has 2 atom stereocenters. The first-order valence-corrected chi connectivity index (χ1v) is 6.91. The topological polar surface area (TPSA) is 34.1 Å². The van der Waals surface area contributed by atoms with Crippen LogP contribution in [0.1, 0.15) is 34.1 Å². The first kappa shape index (κ1) is 13.7. The summed E-state index contributed by atoms with van der Waals surface area (Å²) in [6.07, 6.45) is 11.0. The van der Waals surface area contributed by atoms with E-state index in [0.29, 0.717) is 11.5 Å². The lowest BCUT2D eigenvalue weighted by molar-refractivity contribution is -0.116. The maximum absolute atomic E-state index is 11.9. The van der Waals surface area contributed by atoms with E-state index in [9.17, 15) is 9.59 Å². The van der Waals surface area contributed by atoms with Gasteiger partial charge in [0.15, 0.2) is 11.6 Å². The summed E-state index contributed by atoms with van der Waals surface area (Å²) in [6.45, 7) is 7.10. The molecule has 0 aromatic carbocycles. The van der Waals surface area contributed by atoms with Gasteiger partial charge < -0.3 is 0 Å². The van der Waals surface area contributed by atoms with Gasteiger partial charge in [-0.15, -0.1) is 0 Å². The fourth-order valence-corrected chi connectivity index (χ4v) is 3.22. The summed E-state index contributed by atoms with van der Waals surface area (Å²) in [5.41, 5.74) is 2.34. The Kier molecular flexibility index (Phi) is 3.44. The van der Waals surface area contributed by atoms with Crippen LogP contribution >= 0.6 is 0 Å². The zero-order valence-corrected chi connectivity index (χ0v) is 12.0. The van der Waals surface area contributed by atoms with E-state index in [2.05, 4.69) is 12.2 Å². The molecule has 0 bridgehead atoms. The second-order valence-electron chi connectivity index (χ2n) is 5.02. The molecule has 3 rings (SSSR count). The second-order valence-corrected chi connectivity index (χ2v) is 5.02. The summed E-state index contributed by atoms with van der Waals surface area (Å²) in [7, 11) is 0. The molecular weight excluding hydrogens is 236 g/mol. The molecule has 2 nitrogen and oxygen atoms in total. The summed E-state index contributed by atoms with van der Waals surface area (Å²) >= 11 is 0. The maximum atomic E-state index is 11.9. The lowest BCUT2D eigenvalue weighted by atomic mass is 9.74. The summed E-state index contributed by atoms with van der Waals surface area (Å²) in [6, 6.07) is 0. The Balaban J connectivity index is 0.000000637. The average molecular weight is 256 g/mol. The normalized spacial score (nSPS) is 29.7. The summed E-state index contributed by atoms with van der Waals surface area (Å²) in [4.78, 5) is 23.6. The number of carbonyl (C=O) groups is 2. The monoisotopic (exact) mass is 256 g/mol. The van der Waals surface area contributed by atoms with Crippen molar-refractivity contribution < 1.29 is 9.59 Å². The number of hydrogen-bond acceptors (Lipinski definition) is 2. The quantitative estimate of drug-likeness (QED) is 0.757. The minimum atomic E-state index is -0.170. The van der Waals surface area contributed by atoms with Gasteiger partial charge in [-0.1, -0.05) is 44.2 Å². The van der Waals surface area contributed by atoms with Gasteiger partial charge >= 0.3 is 0 Å². The van der Waals surface area contributed by atoms with Crippen LogP contribution in [-0.4, -0.2) is 11.6 Å². The highest BCUT2D eigenvalue weighted by atomic mass is 16.1. The number of carbonyl (C=O) groups excluding carboxylic acids is 2. The zero-order valence-electron chi connectivity index (χ0n) is 12.0. The van der Waals surface area contributed by atoms with Crippen LogP contribution in [-0.2, 0) is 9.59 Å². The van der Waals surface area contributed by atoms with Crippen LogP contribution in [0.3, 0.4) is 0 Å². The number of ketones is 2. The highest BCUT2D eigenvalue weighted by molar-refractivity contribution is 6.09. The van der Waals surface area contributed by atoms with Crippen molar-refractivity contribution in [2.75, 3.05) is 0 Å². The van der Waals surface area contributed by atoms with Crippen LogP contribution in [0.4, 0.5) is 0 Å². The van der Waals surface area contributed by atoms with E-state index in [4.69, 9.17) is 0 Å². The van der Waals surface area contributed by atoms with Gasteiger partial charge in [-0.25, -0.2) is 0 Å². The van der Waals surface area contributed by atoms with Gasteiger partial charge in [-0.3, -0.25) is 9.59 Å². The minimum Gasteiger partial charge on any atom is -0.295 e. The Bertz CT molecular complexity index is 558. The lowest BCUT2D eigenvalue weighted by Crippen LogP contribution is -2.23. The molecule has 3 aliphatic carbocycles. The van der Waals surface area contributed by atoms with Gasteiger partial charge in [0.25, 0.3) is 0 Å². The third-order valence-corrected chi connectivity index (χ3v) is 4.03. The molecular formula is C17H20O2. The van der Waals surface area contributed by atoms with E-state index in [0.717, 1.165) is 12.0 Å². The molecule has 0 aromatic heterocycles. The van der Waals surface area contributed by atoms with Crippen molar-refractivity contribution in [2.24, 2.45) is 11.3 Å². The smallest absolute Gasteiger partial charge is 0.160 e.